The largest absolute Gasteiger partial charge is 0.495 e. The molecule has 1 aliphatic carbocycles. The molecule has 118 valence electrons. The van der Waals surface area contributed by atoms with Crippen LogP contribution in [0.2, 0.25) is 0 Å². The number of hydrogen-bond donors (Lipinski definition) is 2. The highest BCUT2D eigenvalue weighted by Crippen LogP contribution is 2.31. The van der Waals surface area contributed by atoms with Crippen molar-refractivity contribution >= 4 is 15.7 Å². The molecule has 0 unspecified atom stereocenters. The Morgan fingerprint density at radius 3 is 2.52 bits per heavy atom. The number of sulfonamides is 1. The lowest BCUT2D eigenvalue weighted by Crippen LogP contribution is -2.20. The molecule has 3 N–H and O–H groups in total. The molecule has 0 spiro atoms. The molecule has 0 bridgehead atoms. The zero-order chi connectivity index (χ0) is 15.5. The van der Waals surface area contributed by atoms with Gasteiger partial charge in [0.25, 0.3) is 0 Å². The number of ether oxygens (including phenoxy) is 1. The van der Waals surface area contributed by atoms with E-state index in [-0.39, 0.29) is 4.90 Å². The van der Waals surface area contributed by atoms with Crippen LogP contribution in [0, 0.1) is 11.8 Å². The Kier molecular flexibility index (Phi) is 5.11. The normalized spacial score (nSPS) is 22.8. The van der Waals surface area contributed by atoms with Gasteiger partial charge in [-0.2, -0.15) is 0 Å². The summed E-state index contributed by atoms with van der Waals surface area (Å²) < 4.78 is 28.1. The van der Waals surface area contributed by atoms with Crippen LogP contribution in [0.4, 0.5) is 5.69 Å². The summed E-state index contributed by atoms with van der Waals surface area (Å²) in [4.78, 5) is 0.100. The topological polar surface area (TPSA) is 81.4 Å². The number of benzene rings is 1. The van der Waals surface area contributed by atoms with Crippen LogP contribution >= 0.6 is 0 Å². The molecular weight excluding hydrogens is 288 g/mol. The van der Waals surface area contributed by atoms with Gasteiger partial charge in [-0.25, -0.2) is 13.6 Å². The first kappa shape index (κ1) is 16.1. The molecule has 1 aliphatic rings. The number of primary sulfonamides is 1. The van der Waals surface area contributed by atoms with Gasteiger partial charge in [0.05, 0.1) is 17.7 Å². The van der Waals surface area contributed by atoms with Crippen LogP contribution in [-0.2, 0) is 10.0 Å². The van der Waals surface area contributed by atoms with E-state index in [1.54, 1.807) is 19.2 Å². The van der Waals surface area contributed by atoms with Gasteiger partial charge < -0.3 is 10.1 Å². The molecule has 6 heteroatoms. The van der Waals surface area contributed by atoms with Gasteiger partial charge >= 0.3 is 0 Å². The van der Waals surface area contributed by atoms with E-state index < -0.39 is 10.0 Å². The van der Waals surface area contributed by atoms with Gasteiger partial charge in [0.15, 0.2) is 0 Å². The summed E-state index contributed by atoms with van der Waals surface area (Å²) in [5, 5.41) is 8.49. The van der Waals surface area contributed by atoms with Gasteiger partial charge in [-0.05, 0) is 42.9 Å². The predicted octanol–water partition coefficient (Wildman–Crippen LogP) is 2.58. The summed E-state index contributed by atoms with van der Waals surface area (Å²) in [5.74, 6) is 2.08. The first-order valence-corrected chi connectivity index (χ1v) is 8.89. The molecule has 0 radical (unpaired) electrons. The number of methoxy groups -OCH3 is 1. The predicted molar refractivity (Wildman–Crippen MR) is 84.0 cm³/mol. The summed E-state index contributed by atoms with van der Waals surface area (Å²) >= 11 is 0. The highest BCUT2D eigenvalue weighted by atomic mass is 32.2. The van der Waals surface area contributed by atoms with Crippen molar-refractivity contribution in [1.29, 1.82) is 0 Å². The minimum absolute atomic E-state index is 0.100. The van der Waals surface area contributed by atoms with Gasteiger partial charge in [0.2, 0.25) is 10.0 Å². The zero-order valence-electron chi connectivity index (χ0n) is 12.6. The Labute approximate surface area is 126 Å². The van der Waals surface area contributed by atoms with Crippen molar-refractivity contribution < 1.29 is 13.2 Å². The van der Waals surface area contributed by atoms with Gasteiger partial charge in [0, 0.05) is 6.54 Å². The Bertz CT molecular complexity index is 579. The highest BCUT2D eigenvalue weighted by Gasteiger charge is 2.19. The van der Waals surface area contributed by atoms with Crippen molar-refractivity contribution in [3.8, 4) is 5.75 Å². The third-order valence-corrected chi connectivity index (χ3v) is 5.13. The monoisotopic (exact) mass is 312 g/mol. The highest BCUT2D eigenvalue weighted by molar-refractivity contribution is 7.89. The fourth-order valence-corrected chi connectivity index (χ4v) is 3.33. The minimum atomic E-state index is -3.70. The molecule has 5 nitrogen and oxygen atoms in total. The third kappa shape index (κ3) is 4.35. The average Bonchev–Trinajstić information content (AvgIpc) is 2.45. The first-order valence-electron chi connectivity index (χ1n) is 7.35. The average molecular weight is 312 g/mol. The Morgan fingerprint density at radius 1 is 1.29 bits per heavy atom. The summed E-state index contributed by atoms with van der Waals surface area (Å²) in [6.45, 7) is 3.12. The van der Waals surface area contributed by atoms with E-state index in [1.165, 1.54) is 31.7 Å². The van der Waals surface area contributed by atoms with E-state index in [9.17, 15) is 8.42 Å². The van der Waals surface area contributed by atoms with E-state index in [0.717, 1.165) is 12.5 Å². The maximum atomic E-state index is 11.4. The van der Waals surface area contributed by atoms with Crippen molar-refractivity contribution in [3.63, 3.8) is 0 Å². The summed E-state index contributed by atoms with van der Waals surface area (Å²) in [6.07, 6.45) is 4.96. The van der Waals surface area contributed by atoms with Crippen LogP contribution in [0.1, 0.15) is 32.6 Å². The molecule has 0 atom stereocenters. The van der Waals surface area contributed by atoms with Crippen molar-refractivity contribution in [2.45, 2.75) is 37.5 Å². The lowest BCUT2D eigenvalue weighted by molar-refractivity contribution is 0.300. The van der Waals surface area contributed by atoms with E-state index >= 15 is 0 Å². The summed E-state index contributed by atoms with van der Waals surface area (Å²) in [5.41, 5.74) is 0.683. The molecule has 1 saturated carbocycles. The molecule has 2 rings (SSSR count). The van der Waals surface area contributed by atoms with Gasteiger partial charge in [-0.15, -0.1) is 0 Å². The fraction of sp³-hybridized carbons (Fsp3) is 0.600. The van der Waals surface area contributed by atoms with Gasteiger partial charge in [-0.3, -0.25) is 0 Å². The fourth-order valence-electron chi connectivity index (χ4n) is 2.79. The van der Waals surface area contributed by atoms with Crippen molar-refractivity contribution in [3.05, 3.63) is 18.2 Å². The molecule has 0 saturated heterocycles. The second-order valence-corrected chi connectivity index (χ2v) is 7.48. The second kappa shape index (κ2) is 6.66. The molecule has 1 aromatic carbocycles. The number of hydrogen-bond acceptors (Lipinski definition) is 4. The maximum absolute atomic E-state index is 11.4. The standard InChI is InChI=1S/C15H24N2O3S/c1-11-3-5-12(6-4-11)10-17-14-9-13(21(16,18)19)7-8-15(14)20-2/h7-9,11-12,17H,3-6,10H2,1-2H3,(H2,16,18,19). The summed E-state index contributed by atoms with van der Waals surface area (Å²) in [6, 6.07) is 4.63. The molecule has 1 aromatic rings. The van der Waals surface area contributed by atoms with Crippen LogP contribution in [0.25, 0.3) is 0 Å². The molecule has 0 heterocycles. The first-order chi connectivity index (χ1) is 9.90. The molecule has 1 fully saturated rings. The van der Waals surface area contributed by atoms with Crippen molar-refractivity contribution in [1.82, 2.24) is 0 Å². The molecule has 0 aromatic heterocycles. The Hall–Kier alpha value is -1.27. The Balaban J connectivity index is 2.07. The zero-order valence-corrected chi connectivity index (χ0v) is 13.4. The summed E-state index contributed by atoms with van der Waals surface area (Å²) in [7, 11) is -2.13. The quantitative estimate of drug-likeness (QED) is 0.875. The van der Waals surface area contributed by atoms with Crippen LogP contribution in [-0.4, -0.2) is 22.1 Å². The minimum Gasteiger partial charge on any atom is -0.495 e. The van der Waals surface area contributed by atoms with E-state index in [1.807, 2.05) is 0 Å². The van der Waals surface area contributed by atoms with Crippen LogP contribution in [0.5, 0.6) is 5.75 Å². The lowest BCUT2D eigenvalue weighted by atomic mass is 9.83. The van der Waals surface area contributed by atoms with Crippen LogP contribution < -0.4 is 15.2 Å². The van der Waals surface area contributed by atoms with Crippen LogP contribution in [0.3, 0.4) is 0 Å². The lowest BCUT2D eigenvalue weighted by Gasteiger charge is -2.26. The maximum Gasteiger partial charge on any atom is 0.238 e. The van der Waals surface area contributed by atoms with Gasteiger partial charge in [-0.1, -0.05) is 19.8 Å². The second-order valence-electron chi connectivity index (χ2n) is 5.91. The molecule has 21 heavy (non-hydrogen) atoms. The van der Waals surface area contributed by atoms with E-state index in [0.29, 0.717) is 17.4 Å². The van der Waals surface area contributed by atoms with E-state index in [2.05, 4.69) is 12.2 Å². The van der Waals surface area contributed by atoms with Crippen molar-refractivity contribution in [2.75, 3.05) is 19.0 Å². The van der Waals surface area contributed by atoms with Crippen molar-refractivity contribution in [2.24, 2.45) is 17.0 Å². The van der Waals surface area contributed by atoms with Crippen LogP contribution in [0.15, 0.2) is 23.1 Å². The van der Waals surface area contributed by atoms with E-state index in [4.69, 9.17) is 9.88 Å². The molecule has 0 amide bonds. The number of rotatable bonds is 5. The third-order valence-electron chi connectivity index (χ3n) is 4.22. The SMILES string of the molecule is COc1ccc(S(N)(=O)=O)cc1NCC1CCC(C)CC1. The molecule has 0 aliphatic heterocycles. The number of nitrogens with one attached hydrogen (secondary N) is 1. The number of nitrogens with two attached hydrogens (primary N) is 1. The number of anilines is 1. The van der Waals surface area contributed by atoms with Gasteiger partial charge in [0.1, 0.15) is 5.75 Å². The Morgan fingerprint density at radius 2 is 1.95 bits per heavy atom. The smallest absolute Gasteiger partial charge is 0.238 e. The molecular formula is C15H24N2O3S.